The van der Waals surface area contributed by atoms with Crippen LogP contribution in [0.2, 0.25) is 5.02 Å². The van der Waals surface area contributed by atoms with Crippen LogP contribution in [-0.4, -0.2) is 57.6 Å². The maximum Gasteiger partial charge on any atom is 0.354 e. The summed E-state index contributed by atoms with van der Waals surface area (Å²) >= 11 is 6.23. The number of nitrogens with one attached hydrogen (secondary N) is 3. The smallest absolute Gasteiger partial charge is 0.354 e. The molecule has 0 saturated carbocycles. The quantitative estimate of drug-likeness (QED) is 0.116. The van der Waals surface area contributed by atoms with E-state index in [4.69, 9.17) is 22.7 Å². The van der Waals surface area contributed by atoms with E-state index in [1.807, 2.05) is 12.1 Å². The number of aromatic amines is 1. The highest BCUT2D eigenvalue weighted by Gasteiger charge is 2.28. The van der Waals surface area contributed by atoms with Gasteiger partial charge >= 0.3 is 5.69 Å². The van der Waals surface area contributed by atoms with Gasteiger partial charge in [-0.15, -0.1) is 0 Å². The molecule has 5 N–H and O–H groups in total. The molecule has 0 bridgehead atoms. The van der Waals surface area contributed by atoms with Crippen molar-refractivity contribution in [3.05, 3.63) is 81.1 Å². The van der Waals surface area contributed by atoms with Crippen LogP contribution in [0, 0.1) is 11.2 Å². The zero-order valence-electron chi connectivity index (χ0n) is 25.2. The number of likely N-dealkylation sites (tertiary alicyclic amines) is 1. The van der Waals surface area contributed by atoms with E-state index in [2.05, 4.69) is 39.4 Å². The molecule has 8 nitrogen and oxygen atoms in total. The molecule has 1 aliphatic rings. The van der Waals surface area contributed by atoms with Crippen molar-refractivity contribution in [2.24, 2.45) is 5.73 Å². The molecule has 0 aliphatic carbocycles. The van der Waals surface area contributed by atoms with E-state index in [9.17, 15) is 9.18 Å². The summed E-state index contributed by atoms with van der Waals surface area (Å²) in [6.45, 7) is 1.97. The van der Waals surface area contributed by atoms with E-state index in [0.717, 1.165) is 37.8 Å². The Balaban J connectivity index is 1.36. The lowest BCUT2D eigenvalue weighted by Gasteiger charge is -2.40. The van der Waals surface area contributed by atoms with Crippen LogP contribution in [0.5, 0.6) is 0 Å². The minimum Gasteiger partial charge on any atom is -0.374 e. The monoisotopic (exact) mass is 623 g/mol. The van der Waals surface area contributed by atoms with Gasteiger partial charge in [0.2, 0.25) is 0 Å². The molecule has 3 heterocycles. The van der Waals surface area contributed by atoms with Crippen LogP contribution < -0.4 is 16.7 Å². The molecule has 0 spiro atoms. The third-order valence-electron chi connectivity index (χ3n) is 8.63. The SMILES string of the molecule is CC(=N)NCC[C@@H]1CCC[C@@H](c2ccc(-n3cc4cc(-c5cc(CCC[C@@H](N)CF)cc(Cl)c5F)[nH]c4nc3=O)cc2)N1C. The van der Waals surface area contributed by atoms with Gasteiger partial charge in [0.25, 0.3) is 0 Å². The maximum absolute atomic E-state index is 15.1. The molecule has 0 radical (unpaired) electrons. The number of rotatable bonds is 11. The molecular formula is C33H40ClF2N7O. The van der Waals surface area contributed by atoms with Gasteiger partial charge in [-0.1, -0.05) is 23.7 Å². The zero-order valence-corrected chi connectivity index (χ0v) is 25.9. The van der Waals surface area contributed by atoms with Crippen molar-refractivity contribution < 1.29 is 8.78 Å². The van der Waals surface area contributed by atoms with Gasteiger partial charge in [-0.05, 0) is 100 Å². The van der Waals surface area contributed by atoms with Crippen LogP contribution in [0.4, 0.5) is 8.78 Å². The molecule has 5 rings (SSSR count). The Bertz CT molecular complexity index is 1670. The lowest BCUT2D eigenvalue weighted by Crippen LogP contribution is -2.40. The van der Waals surface area contributed by atoms with Crippen molar-refractivity contribution >= 4 is 28.5 Å². The first-order chi connectivity index (χ1) is 21.1. The molecule has 11 heteroatoms. The number of aryl methyl sites for hydroxylation is 1. The van der Waals surface area contributed by atoms with Gasteiger partial charge in [0.1, 0.15) is 12.3 Å². The van der Waals surface area contributed by atoms with Gasteiger partial charge in [0.05, 0.1) is 22.2 Å². The molecule has 2 aromatic carbocycles. The molecule has 44 heavy (non-hydrogen) atoms. The average Bonchev–Trinajstić information content (AvgIpc) is 3.41. The highest BCUT2D eigenvalue weighted by molar-refractivity contribution is 6.31. The third-order valence-corrected chi connectivity index (χ3v) is 8.91. The van der Waals surface area contributed by atoms with E-state index >= 15 is 4.39 Å². The van der Waals surface area contributed by atoms with Crippen LogP contribution in [-0.2, 0) is 6.42 Å². The van der Waals surface area contributed by atoms with Gasteiger partial charge in [-0.3, -0.25) is 14.9 Å². The van der Waals surface area contributed by atoms with Crippen molar-refractivity contribution in [3.63, 3.8) is 0 Å². The number of piperidine rings is 1. The summed E-state index contributed by atoms with van der Waals surface area (Å²) in [6.07, 6.45) is 7.79. The largest absolute Gasteiger partial charge is 0.374 e. The van der Waals surface area contributed by atoms with Gasteiger partial charge in [0.15, 0.2) is 5.82 Å². The first-order valence-corrected chi connectivity index (χ1v) is 15.6. The lowest BCUT2D eigenvalue weighted by molar-refractivity contribution is 0.109. The number of aromatic nitrogens is 3. The number of nitrogens with two attached hydrogens (primary N) is 1. The Kier molecular flexibility index (Phi) is 10.1. The molecule has 4 aromatic rings. The molecule has 3 atom stereocenters. The van der Waals surface area contributed by atoms with Crippen molar-refractivity contribution in [3.8, 4) is 16.9 Å². The fourth-order valence-corrected chi connectivity index (χ4v) is 6.44. The van der Waals surface area contributed by atoms with E-state index in [-0.39, 0.29) is 16.6 Å². The van der Waals surface area contributed by atoms with Gasteiger partial charge < -0.3 is 16.0 Å². The van der Waals surface area contributed by atoms with E-state index < -0.39 is 24.2 Å². The lowest BCUT2D eigenvalue weighted by atomic mass is 9.90. The molecule has 0 unspecified atom stereocenters. The fraction of sp³-hybridized carbons (Fsp3) is 0.424. The summed E-state index contributed by atoms with van der Waals surface area (Å²) in [7, 11) is 2.17. The van der Waals surface area contributed by atoms with Crippen molar-refractivity contribution in [1.82, 2.24) is 24.8 Å². The van der Waals surface area contributed by atoms with Gasteiger partial charge in [-0.2, -0.15) is 4.98 Å². The zero-order chi connectivity index (χ0) is 31.4. The first-order valence-electron chi connectivity index (χ1n) is 15.2. The second kappa shape index (κ2) is 14.0. The molecule has 2 aromatic heterocycles. The van der Waals surface area contributed by atoms with Crippen molar-refractivity contribution in [1.29, 1.82) is 5.41 Å². The molecule has 0 amide bonds. The van der Waals surface area contributed by atoms with E-state index in [0.29, 0.717) is 53.6 Å². The summed E-state index contributed by atoms with van der Waals surface area (Å²) in [5.74, 6) is -0.0758. The second-order valence-corrected chi connectivity index (χ2v) is 12.2. The predicted octanol–water partition coefficient (Wildman–Crippen LogP) is 6.30. The molecule has 1 saturated heterocycles. The summed E-state index contributed by atoms with van der Waals surface area (Å²) in [5.41, 5.74) is 9.04. The summed E-state index contributed by atoms with van der Waals surface area (Å²) in [6, 6.07) is 13.3. The van der Waals surface area contributed by atoms with Crippen LogP contribution in [0.3, 0.4) is 0 Å². The highest BCUT2D eigenvalue weighted by atomic mass is 35.5. The first kappa shape index (κ1) is 31.8. The second-order valence-electron chi connectivity index (χ2n) is 11.8. The number of benzene rings is 2. The number of hydrogen-bond donors (Lipinski definition) is 4. The molecule has 1 aliphatic heterocycles. The molecule has 234 valence electrons. The van der Waals surface area contributed by atoms with Crippen LogP contribution in [0.25, 0.3) is 28.0 Å². The van der Waals surface area contributed by atoms with E-state index in [1.54, 1.807) is 31.3 Å². The van der Waals surface area contributed by atoms with Gasteiger partial charge in [0, 0.05) is 41.8 Å². The Labute approximate surface area is 261 Å². The van der Waals surface area contributed by atoms with Crippen molar-refractivity contribution in [2.75, 3.05) is 20.3 Å². The number of H-pyrrole nitrogens is 1. The number of halogens is 3. The van der Waals surface area contributed by atoms with Crippen LogP contribution in [0.15, 0.2) is 53.5 Å². The standard InChI is InChI=1S/C33H40ClF2N7O/c1-20(37)39-14-13-25-7-4-8-30(42(25)2)22-9-11-26(12-10-22)43-19-23-17-29(40-32(23)41-33(43)44)27-15-21(16-28(34)31(27)36)5-3-6-24(38)18-35/h9-12,15-17,19,24-25,30H,3-8,13-14,18,38H2,1-2H3,(H2,37,39)(H,40,41,44)/t24-,25+,30+/m1/s1. The van der Waals surface area contributed by atoms with E-state index in [1.165, 1.54) is 10.1 Å². The number of hydrogen-bond acceptors (Lipinski definition) is 5. The Morgan fingerprint density at radius 2 is 2.02 bits per heavy atom. The minimum atomic E-state index is -0.576. The van der Waals surface area contributed by atoms with Crippen molar-refractivity contribution in [2.45, 2.75) is 70.0 Å². The third kappa shape index (κ3) is 7.20. The topological polar surface area (TPSA) is 116 Å². The maximum atomic E-state index is 15.1. The predicted molar refractivity (Wildman–Crippen MR) is 173 cm³/mol. The average molecular weight is 624 g/mol. The van der Waals surface area contributed by atoms with Crippen LogP contribution >= 0.6 is 11.6 Å². The summed E-state index contributed by atoms with van der Waals surface area (Å²) in [5, 5.41) is 11.4. The Morgan fingerprint density at radius 1 is 1.25 bits per heavy atom. The number of nitrogens with zero attached hydrogens (tertiary/aromatic N) is 3. The number of amidine groups is 1. The fourth-order valence-electron chi connectivity index (χ4n) is 6.20. The normalized spacial score (nSPS) is 18.0. The Hall–Kier alpha value is -3.60. The van der Waals surface area contributed by atoms with Gasteiger partial charge in [-0.25, -0.2) is 13.6 Å². The minimum absolute atomic E-state index is 0.00775. The molecule has 1 fully saturated rings. The summed E-state index contributed by atoms with van der Waals surface area (Å²) in [4.78, 5) is 22.8. The summed E-state index contributed by atoms with van der Waals surface area (Å²) < 4.78 is 29.4. The number of fused-ring (bicyclic) bond motifs is 1. The van der Waals surface area contributed by atoms with Crippen LogP contribution in [0.1, 0.15) is 62.6 Å². The number of alkyl halides is 1. The molecular weight excluding hydrogens is 584 g/mol. The Morgan fingerprint density at radius 3 is 2.75 bits per heavy atom. The highest BCUT2D eigenvalue weighted by Crippen LogP contribution is 2.35.